The summed E-state index contributed by atoms with van der Waals surface area (Å²) in [5.74, 6) is 0. The SMILES string of the molecule is c1ccc(-n2c3cc4ccccc4cc3c3c(-c4cccc(N(c5ccc(-c6ccc7c(ccc8ccccc87)c6)cc5)c5ccc(-c6ccc7c(ccc8ccccc87)c6)cc5)c4)cccc32)cc1. The summed E-state index contributed by atoms with van der Waals surface area (Å²) in [4.78, 5) is 2.40. The van der Waals surface area contributed by atoms with Crippen molar-refractivity contribution in [1.29, 1.82) is 0 Å². The summed E-state index contributed by atoms with van der Waals surface area (Å²) < 4.78 is 2.43. The van der Waals surface area contributed by atoms with Crippen molar-refractivity contribution in [3.8, 4) is 39.1 Å². The molecule has 0 radical (unpaired) electrons. The van der Waals surface area contributed by atoms with Crippen LogP contribution < -0.4 is 4.90 Å². The number of fused-ring (bicyclic) bond motifs is 10. The Bertz CT molecular complexity index is 4170. The van der Waals surface area contributed by atoms with Crippen molar-refractivity contribution in [2.24, 2.45) is 0 Å². The molecule has 0 aliphatic rings. The number of rotatable bonds is 7. The van der Waals surface area contributed by atoms with E-state index in [2.05, 4.69) is 276 Å². The van der Waals surface area contributed by atoms with Gasteiger partial charge in [0.25, 0.3) is 0 Å². The number of aromatic nitrogens is 1. The highest BCUT2D eigenvalue weighted by atomic mass is 15.1. The van der Waals surface area contributed by atoms with E-state index in [1.54, 1.807) is 0 Å². The summed E-state index contributed by atoms with van der Waals surface area (Å²) >= 11 is 0. The second kappa shape index (κ2) is 16.2. The summed E-state index contributed by atoms with van der Waals surface area (Å²) in [6.07, 6.45) is 0. The lowest BCUT2D eigenvalue weighted by Gasteiger charge is -2.26. The maximum atomic E-state index is 2.43. The average Bonchev–Trinajstić information content (AvgIpc) is 3.76. The fourth-order valence-corrected chi connectivity index (χ4v) is 11.1. The van der Waals surface area contributed by atoms with Crippen LogP contribution in [-0.4, -0.2) is 4.57 Å². The Morgan fingerprint density at radius 2 is 0.743 bits per heavy atom. The zero-order valence-electron chi connectivity index (χ0n) is 38.3. The Hall–Kier alpha value is -9.24. The van der Waals surface area contributed by atoms with Crippen LogP contribution in [0.15, 0.2) is 267 Å². The molecule has 70 heavy (non-hydrogen) atoms. The first-order valence-electron chi connectivity index (χ1n) is 24.1. The van der Waals surface area contributed by atoms with Crippen molar-refractivity contribution in [3.63, 3.8) is 0 Å². The first-order valence-corrected chi connectivity index (χ1v) is 24.1. The summed E-state index contributed by atoms with van der Waals surface area (Å²) in [6, 6.07) is 98.2. The topological polar surface area (TPSA) is 8.17 Å². The zero-order valence-corrected chi connectivity index (χ0v) is 38.3. The van der Waals surface area contributed by atoms with E-state index >= 15 is 0 Å². The van der Waals surface area contributed by atoms with Crippen molar-refractivity contribution in [1.82, 2.24) is 4.57 Å². The molecule has 0 saturated heterocycles. The molecular weight excluding hydrogens is 845 g/mol. The summed E-state index contributed by atoms with van der Waals surface area (Å²) in [5.41, 5.74) is 13.9. The van der Waals surface area contributed by atoms with Crippen LogP contribution in [0.1, 0.15) is 0 Å². The van der Waals surface area contributed by atoms with Gasteiger partial charge in [0.1, 0.15) is 0 Å². The smallest absolute Gasteiger partial charge is 0.0547 e. The highest BCUT2D eigenvalue weighted by molar-refractivity contribution is 6.19. The van der Waals surface area contributed by atoms with E-state index in [4.69, 9.17) is 0 Å². The molecule has 2 heteroatoms. The van der Waals surface area contributed by atoms with Crippen LogP contribution in [-0.2, 0) is 0 Å². The molecule has 0 atom stereocenters. The van der Waals surface area contributed by atoms with E-state index in [0.717, 1.165) is 28.3 Å². The van der Waals surface area contributed by atoms with Gasteiger partial charge < -0.3 is 9.47 Å². The molecule has 0 unspecified atom stereocenters. The molecule has 14 aromatic rings. The fraction of sp³-hybridized carbons (Fsp3) is 0. The molecule has 1 heterocycles. The van der Waals surface area contributed by atoms with Gasteiger partial charge in [-0.3, -0.25) is 0 Å². The van der Waals surface area contributed by atoms with Gasteiger partial charge in [-0.2, -0.15) is 0 Å². The highest BCUT2D eigenvalue weighted by Crippen LogP contribution is 2.44. The lowest BCUT2D eigenvalue weighted by molar-refractivity contribution is 1.18. The third-order valence-electron chi connectivity index (χ3n) is 14.5. The molecule has 2 nitrogen and oxygen atoms in total. The molecule has 14 rings (SSSR count). The van der Waals surface area contributed by atoms with E-state index in [0.29, 0.717) is 0 Å². The number of anilines is 3. The first kappa shape index (κ1) is 39.9. The Morgan fingerprint density at radius 1 is 0.243 bits per heavy atom. The summed E-state index contributed by atoms with van der Waals surface area (Å²) in [5, 5.41) is 15.1. The second-order valence-electron chi connectivity index (χ2n) is 18.5. The van der Waals surface area contributed by atoms with Gasteiger partial charge in [0, 0.05) is 33.5 Å². The van der Waals surface area contributed by atoms with Gasteiger partial charge in [-0.1, -0.05) is 188 Å². The fourth-order valence-electron chi connectivity index (χ4n) is 11.1. The molecule has 0 aliphatic carbocycles. The number of nitrogens with zero attached hydrogens (tertiary/aromatic N) is 2. The van der Waals surface area contributed by atoms with Crippen molar-refractivity contribution in [2.75, 3.05) is 4.90 Å². The number of benzene rings is 13. The molecule has 0 fully saturated rings. The molecule has 0 bridgehead atoms. The molecule has 0 saturated carbocycles. The zero-order chi connectivity index (χ0) is 46.1. The van der Waals surface area contributed by atoms with Crippen LogP contribution in [0, 0.1) is 0 Å². The molecule has 0 amide bonds. The molecule has 0 N–H and O–H groups in total. The molecular formula is C68H44N2. The molecule has 0 aliphatic heterocycles. The summed E-state index contributed by atoms with van der Waals surface area (Å²) in [7, 11) is 0. The predicted molar refractivity (Wildman–Crippen MR) is 299 cm³/mol. The minimum atomic E-state index is 1.09. The minimum Gasteiger partial charge on any atom is -0.310 e. The van der Waals surface area contributed by atoms with Crippen molar-refractivity contribution in [2.45, 2.75) is 0 Å². The monoisotopic (exact) mass is 888 g/mol. The largest absolute Gasteiger partial charge is 0.310 e. The maximum absolute atomic E-state index is 2.43. The van der Waals surface area contributed by atoms with Crippen LogP contribution >= 0.6 is 0 Å². The quantitative estimate of drug-likeness (QED) is 0.145. The lowest BCUT2D eigenvalue weighted by Crippen LogP contribution is -2.10. The Kier molecular flexibility index (Phi) is 9.25. The first-order chi connectivity index (χ1) is 34.7. The third kappa shape index (κ3) is 6.64. The number of hydrogen-bond donors (Lipinski definition) is 0. The van der Waals surface area contributed by atoms with E-state index in [1.165, 1.54) is 103 Å². The molecule has 0 spiro atoms. The van der Waals surface area contributed by atoms with Crippen LogP contribution in [0.2, 0.25) is 0 Å². The molecule has 13 aromatic carbocycles. The lowest BCUT2D eigenvalue weighted by atomic mass is 9.96. The standard InChI is InChI=1S/C68H44N2/c1-2-17-56(18-3-1)70-66-23-11-22-64(68(66)65-43-49-14-4-5-15-50(49)44-67(65)70)53-16-10-19-59(42-53)69(57-34-28-45(29-35-57)51-32-38-62-54(40-51)26-24-47-12-6-8-20-60(47)62)58-36-30-46(31-37-58)52-33-39-63-55(41-52)27-25-48-13-7-9-21-61(48)63/h1-44H. The molecule has 326 valence electrons. The van der Waals surface area contributed by atoms with Gasteiger partial charge in [-0.25, -0.2) is 0 Å². The van der Waals surface area contributed by atoms with Gasteiger partial charge in [-0.05, 0) is 166 Å². The van der Waals surface area contributed by atoms with E-state index in [-0.39, 0.29) is 0 Å². The minimum absolute atomic E-state index is 1.09. The van der Waals surface area contributed by atoms with Crippen LogP contribution in [0.3, 0.4) is 0 Å². The van der Waals surface area contributed by atoms with E-state index < -0.39 is 0 Å². The average molecular weight is 889 g/mol. The van der Waals surface area contributed by atoms with Crippen molar-refractivity contribution >= 4 is 92.7 Å². The Morgan fingerprint density at radius 3 is 1.36 bits per heavy atom. The van der Waals surface area contributed by atoms with Crippen LogP contribution in [0.4, 0.5) is 17.1 Å². The van der Waals surface area contributed by atoms with Crippen molar-refractivity contribution < 1.29 is 0 Å². The van der Waals surface area contributed by atoms with E-state index in [1.807, 2.05) is 0 Å². The van der Waals surface area contributed by atoms with Gasteiger partial charge in [0.2, 0.25) is 0 Å². The number of para-hydroxylation sites is 1. The van der Waals surface area contributed by atoms with Crippen molar-refractivity contribution in [3.05, 3.63) is 267 Å². The van der Waals surface area contributed by atoms with Gasteiger partial charge >= 0.3 is 0 Å². The van der Waals surface area contributed by atoms with Gasteiger partial charge in [0.05, 0.1) is 11.0 Å². The highest BCUT2D eigenvalue weighted by Gasteiger charge is 2.20. The predicted octanol–water partition coefficient (Wildman–Crippen LogP) is 19.0. The van der Waals surface area contributed by atoms with Gasteiger partial charge in [0.15, 0.2) is 0 Å². The van der Waals surface area contributed by atoms with Gasteiger partial charge in [-0.15, -0.1) is 0 Å². The maximum Gasteiger partial charge on any atom is 0.0547 e. The molecule has 1 aromatic heterocycles. The van der Waals surface area contributed by atoms with Crippen LogP contribution in [0.5, 0.6) is 0 Å². The third-order valence-corrected chi connectivity index (χ3v) is 14.5. The second-order valence-corrected chi connectivity index (χ2v) is 18.5. The normalized spacial score (nSPS) is 11.7. The van der Waals surface area contributed by atoms with Crippen LogP contribution in [0.25, 0.3) is 115 Å². The summed E-state index contributed by atoms with van der Waals surface area (Å²) in [6.45, 7) is 0. The van der Waals surface area contributed by atoms with E-state index in [9.17, 15) is 0 Å². The Labute approximate surface area is 406 Å². The number of hydrogen-bond acceptors (Lipinski definition) is 1. The Balaban J connectivity index is 0.900.